The third-order valence-corrected chi connectivity index (χ3v) is 3.70. The number of phenolic OH excluding ortho intramolecular Hbond substituents is 1. The number of rotatable bonds is 6. The van der Waals surface area contributed by atoms with Gasteiger partial charge >= 0.3 is 0 Å². The van der Waals surface area contributed by atoms with Gasteiger partial charge in [-0.3, -0.25) is 4.90 Å². The van der Waals surface area contributed by atoms with Crippen LogP contribution in [0.3, 0.4) is 0 Å². The van der Waals surface area contributed by atoms with E-state index < -0.39 is 0 Å². The Morgan fingerprint density at radius 2 is 1.78 bits per heavy atom. The van der Waals surface area contributed by atoms with E-state index in [1.54, 1.807) is 6.07 Å². The quantitative estimate of drug-likeness (QED) is 0.887. The second-order valence-electron chi connectivity index (χ2n) is 5.58. The first-order valence-electron chi connectivity index (χ1n) is 7.67. The van der Waals surface area contributed by atoms with Gasteiger partial charge < -0.3 is 19.3 Å². The lowest BCUT2D eigenvalue weighted by molar-refractivity contribution is 0.174. The standard InChI is InChI=1S/C18H21NO4/c1-3-21-15-6-4-13(5-7-15)10-19(2)11-14-8-17-18(9-16(14)20)23-12-22-17/h4-9,20H,3,10-12H2,1-2H3. The van der Waals surface area contributed by atoms with Crippen LogP contribution in [0.4, 0.5) is 0 Å². The molecule has 0 aliphatic carbocycles. The largest absolute Gasteiger partial charge is 0.507 e. The summed E-state index contributed by atoms with van der Waals surface area (Å²) in [5.74, 6) is 2.40. The predicted molar refractivity (Wildman–Crippen MR) is 87.0 cm³/mol. The molecule has 5 heteroatoms. The first kappa shape index (κ1) is 15.5. The van der Waals surface area contributed by atoms with Crippen LogP contribution in [0.15, 0.2) is 36.4 Å². The van der Waals surface area contributed by atoms with Crippen molar-refractivity contribution in [2.24, 2.45) is 0 Å². The second kappa shape index (κ2) is 6.79. The Kier molecular flexibility index (Phi) is 4.57. The van der Waals surface area contributed by atoms with Gasteiger partial charge in [0.2, 0.25) is 6.79 Å². The van der Waals surface area contributed by atoms with Crippen molar-refractivity contribution in [1.29, 1.82) is 0 Å². The Bertz CT molecular complexity index is 669. The maximum Gasteiger partial charge on any atom is 0.231 e. The molecule has 0 unspecified atom stereocenters. The summed E-state index contributed by atoms with van der Waals surface area (Å²) >= 11 is 0. The SMILES string of the molecule is CCOc1ccc(CN(C)Cc2cc3c(cc2O)OCO3)cc1. The molecule has 2 aromatic carbocycles. The molecule has 0 bridgehead atoms. The van der Waals surface area contributed by atoms with Crippen molar-refractivity contribution in [3.05, 3.63) is 47.5 Å². The molecule has 1 aliphatic rings. The van der Waals surface area contributed by atoms with E-state index in [0.717, 1.165) is 17.9 Å². The zero-order chi connectivity index (χ0) is 16.2. The van der Waals surface area contributed by atoms with E-state index in [0.29, 0.717) is 24.7 Å². The van der Waals surface area contributed by atoms with Gasteiger partial charge in [0.25, 0.3) is 0 Å². The molecule has 0 atom stereocenters. The second-order valence-corrected chi connectivity index (χ2v) is 5.58. The van der Waals surface area contributed by atoms with Crippen molar-refractivity contribution < 1.29 is 19.3 Å². The van der Waals surface area contributed by atoms with Gasteiger partial charge in [0.05, 0.1) is 6.61 Å². The Morgan fingerprint density at radius 3 is 2.48 bits per heavy atom. The van der Waals surface area contributed by atoms with Gasteiger partial charge in [-0.15, -0.1) is 0 Å². The molecule has 0 saturated carbocycles. The van der Waals surface area contributed by atoms with Gasteiger partial charge in [-0.2, -0.15) is 0 Å². The van der Waals surface area contributed by atoms with E-state index >= 15 is 0 Å². The predicted octanol–water partition coefficient (Wildman–Crippen LogP) is 3.15. The van der Waals surface area contributed by atoms with Gasteiger partial charge in [0.15, 0.2) is 11.5 Å². The van der Waals surface area contributed by atoms with Gasteiger partial charge in [0, 0.05) is 24.7 Å². The Balaban J connectivity index is 1.64. The average molecular weight is 315 g/mol. The zero-order valence-electron chi connectivity index (χ0n) is 13.4. The first-order valence-corrected chi connectivity index (χ1v) is 7.67. The van der Waals surface area contributed by atoms with Crippen molar-refractivity contribution >= 4 is 0 Å². The van der Waals surface area contributed by atoms with Crippen LogP contribution in [0.5, 0.6) is 23.0 Å². The van der Waals surface area contributed by atoms with Crippen LogP contribution in [0.25, 0.3) is 0 Å². The van der Waals surface area contributed by atoms with E-state index in [4.69, 9.17) is 14.2 Å². The molecule has 1 heterocycles. The minimum absolute atomic E-state index is 0.209. The van der Waals surface area contributed by atoms with Crippen LogP contribution in [0, 0.1) is 0 Å². The van der Waals surface area contributed by atoms with Crippen LogP contribution in [-0.2, 0) is 13.1 Å². The normalized spacial score (nSPS) is 12.7. The minimum atomic E-state index is 0.209. The molecule has 1 N–H and O–H groups in total. The van der Waals surface area contributed by atoms with Gasteiger partial charge in [-0.05, 0) is 37.7 Å². The third kappa shape index (κ3) is 3.68. The van der Waals surface area contributed by atoms with Crippen molar-refractivity contribution in [3.63, 3.8) is 0 Å². The summed E-state index contributed by atoms with van der Waals surface area (Å²) in [6.45, 7) is 4.25. The minimum Gasteiger partial charge on any atom is -0.507 e. The van der Waals surface area contributed by atoms with Gasteiger partial charge in [-0.1, -0.05) is 12.1 Å². The fraction of sp³-hybridized carbons (Fsp3) is 0.333. The molecule has 122 valence electrons. The molecule has 0 radical (unpaired) electrons. The molecule has 0 spiro atoms. The van der Waals surface area contributed by atoms with E-state index in [2.05, 4.69) is 17.0 Å². The zero-order valence-corrected chi connectivity index (χ0v) is 13.4. The lowest BCUT2D eigenvalue weighted by atomic mass is 10.1. The molecule has 23 heavy (non-hydrogen) atoms. The highest BCUT2D eigenvalue weighted by atomic mass is 16.7. The number of ether oxygens (including phenoxy) is 3. The summed E-state index contributed by atoms with van der Waals surface area (Å²) in [6.07, 6.45) is 0. The lowest BCUT2D eigenvalue weighted by Crippen LogP contribution is -2.17. The first-order chi connectivity index (χ1) is 11.2. The summed E-state index contributed by atoms with van der Waals surface area (Å²) in [5.41, 5.74) is 2.01. The summed E-state index contributed by atoms with van der Waals surface area (Å²) in [7, 11) is 2.01. The van der Waals surface area contributed by atoms with E-state index in [9.17, 15) is 5.11 Å². The maximum atomic E-state index is 10.1. The third-order valence-electron chi connectivity index (χ3n) is 3.70. The van der Waals surface area contributed by atoms with E-state index in [-0.39, 0.29) is 12.5 Å². The smallest absolute Gasteiger partial charge is 0.231 e. The molecule has 0 amide bonds. The van der Waals surface area contributed by atoms with E-state index in [1.807, 2.05) is 32.2 Å². The Hall–Kier alpha value is -2.40. The topological polar surface area (TPSA) is 51.2 Å². The average Bonchev–Trinajstić information content (AvgIpc) is 2.97. The number of nitrogens with zero attached hydrogens (tertiary/aromatic N) is 1. The van der Waals surface area contributed by atoms with Crippen molar-refractivity contribution in [3.8, 4) is 23.0 Å². The number of aromatic hydroxyl groups is 1. The number of phenols is 1. The highest BCUT2D eigenvalue weighted by molar-refractivity contribution is 5.51. The van der Waals surface area contributed by atoms with Crippen LogP contribution >= 0.6 is 0 Å². The molecule has 0 fully saturated rings. The molecule has 3 rings (SSSR count). The lowest BCUT2D eigenvalue weighted by Gasteiger charge is -2.18. The van der Waals surface area contributed by atoms with Crippen LogP contribution < -0.4 is 14.2 Å². The molecular formula is C18H21NO4. The van der Waals surface area contributed by atoms with Crippen molar-refractivity contribution in [2.45, 2.75) is 20.0 Å². The van der Waals surface area contributed by atoms with Crippen LogP contribution in [-0.4, -0.2) is 30.5 Å². The van der Waals surface area contributed by atoms with Crippen molar-refractivity contribution in [1.82, 2.24) is 4.90 Å². The maximum absolute atomic E-state index is 10.1. The summed E-state index contributed by atoms with van der Waals surface area (Å²) in [6, 6.07) is 11.5. The number of hydrogen-bond acceptors (Lipinski definition) is 5. The molecule has 1 aliphatic heterocycles. The van der Waals surface area contributed by atoms with Crippen LogP contribution in [0.2, 0.25) is 0 Å². The fourth-order valence-electron chi connectivity index (χ4n) is 2.62. The summed E-state index contributed by atoms with van der Waals surface area (Å²) in [4.78, 5) is 2.13. The Morgan fingerprint density at radius 1 is 1.09 bits per heavy atom. The molecule has 0 aromatic heterocycles. The van der Waals surface area contributed by atoms with Crippen molar-refractivity contribution in [2.75, 3.05) is 20.4 Å². The molecular weight excluding hydrogens is 294 g/mol. The molecule has 2 aromatic rings. The number of fused-ring (bicyclic) bond motifs is 1. The highest BCUT2D eigenvalue weighted by Crippen LogP contribution is 2.38. The Labute approximate surface area is 136 Å². The van der Waals surface area contributed by atoms with Gasteiger partial charge in [0.1, 0.15) is 11.5 Å². The molecule has 5 nitrogen and oxygen atoms in total. The molecule has 0 saturated heterocycles. The summed E-state index contributed by atoms with van der Waals surface area (Å²) in [5, 5.41) is 10.1. The fourth-order valence-corrected chi connectivity index (χ4v) is 2.62. The highest BCUT2D eigenvalue weighted by Gasteiger charge is 2.17. The number of benzene rings is 2. The number of hydrogen-bond donors (Lipinski definition) is 1. The van der Waals surface area contributed by atoms with E-state index in [1.165, 1.54) is 5.56 Å². The van der Waals surface area contributed by atoms with Gasteiger partial charge in [-0.25, -0.2) is 0 Å². The monoisotopic (exact) mass is 315 g/mol. The summed E-state index contributed by atoms with van der Waals surface area (Å²) < 4.78 is 16.1. The van der Waals surface area contributed by atoms with Crippen LogP contribution in [0.1, 0.15) is 18.1 Å².